The summed E-state index contributed by atoms with van der Waals surface area (Å²) < 4.78 is 0. The lowest BCUT2D eigenvalue weighted by atomic mass is 10.1. The van der Waals surface area contributed by atoms with Crippen molar-refractivity contribution >= 4 is 57.5 Å². The number of carbonyl (C=O) groups excluding carboxylic acids is 2. The number of nitrogen functional groups attached to an aromatic ring is 1. The fourth-order valence-electron chi connectivity index (χ4n) is 3.54. The minimum absolute atomic E-state index is 0.294. The molecule has 4 rings (SSSR count). The summed E-state index contributed by atoms with van der Waals surface area (Å²) in [6, 6.07) is 6.40. The van der Waals surface area contributed by atoms with Gasteiger partial charge in [-0.2, -0.15) is 0 Å². The molecule has 1 saturated heterocycles. The fraction of sp³-hybridized carbons (Fsp3) is 0.238. The number of aliphatic hydroxyl groups is 1. The minimum Gasteiger partial charge on any atom is -0.394 e. The minimum atomic E-state index is -0.920. The van der Waals surface area contributed by atoms with Crippen molar-refractivity contribution in [1.82, 2.24) is 19.8 Å². The Balaban J connectivity index is 1.46. The third kappa shape index (κ3) is 4.53. The van der Waals surface area contributed by atoms with Crippen molar-refractivity contribution < 1.29 is 14.7 Å². The SMILES string of the molecule is Nc1ncnc2cc(CN3CCN(C(=O)C=Cc4cc(Cl)cs4)[C@@H](CO)C3=O)ccc12. The lowest BCUT2D eigenvalue weighted by Gasteiger charge is -2.39. The monoisotopic (exact) mass is 457 g/mol. The van der Waals surface area contributed by atoms with Gasteiger partial charge in [-0.3, -0.25) is 9.59 Å². The van der Waals surface area contributed by atoms with E-state index in [4.69, 9.17) is 17.3 Å². The molecule has 10 heteroatoms. The number of fused-ring (bicyclic) bond motifs is 1. The molecule has 160 valence electrons. The van der Waals surface area contributed by atoms with Crippen molar-refractivity contribution in [3.8, 4) is 0 Å². The van der Waals surface area contributed by atoms with E-state index >= 15 is 0 Å². The zero-order valence-electron chi connectivity index (χ0n) is 16.4. The molecule has 3 aromatic rings. The summed E-state index contributed by atoms with van der Waals surface area (Å²) >= 11 is 7.31. The van der Waals surface area contributed by atoms with Gasteiger partial charge >= 0.3 is 0 Å². The maximum absolute atomic E-state index is 13.0. The van der Waals surface area contributed by atoms with Crippen LogP contribution >= 0.6 is 22.9 Å². The number of anilines is 1. The number of rotatable bonds is 5. The number of thiophene rings is 1. The van der Waals surface area contributed by atoms with Gasteiger partial charge in [-0.05, 0) is 29.8 Å². The van der Waals surface area contributed by atoms with Crippen LogP contribution in [0.25, 0.3) is 17.0 Å². The first kappa shape index (κ1) is 21.2. The quantitative estimate of drug-likeness (QED) is 0.568. The Hall–Kier alpha value is -3.01. The number of nitrogens with zero attached hydrogens (tertiary/aromatic N) is 4. The molecular weight excluding hydrogens is 438 g/mol. The smallest absolute Gasteiger partial charge is 0.248 e. The summed E-state index contributed by atoms with van der Waals surface area (Å²) in [7, 11) is 0. The zero-order chi connectivity index (χ0) is 22.0. The number of nitrogens with two attached hydrogens (primary N) is 1. The van der Waals surface area contributed by atoms with Crippen LogP contribution in [0.2, 0.25) is 5.02 Å². The van der Waals surface area contributed by atoms with E-state index in [9.17, 15) is 14.7 Å². The molecular formula is C21H20ClN5O3S. The first-order chi connectivity index (χ1) is 15.0. The molecule has 1 aromatic carbocycles. The summed E-state index contributed by atoms with van der Waals surface area (Å²) in [5.41, 5.74) is 7.44. The molecule has 2 amide bonds. The number of amides is 2. The van der Waals surface area contributed by atoms with E-state index in [1.165, 1.54) is 28.6 Å². The average molecular weight is 458 g/mol. The molecule has 3 heterocycles. The molecule has 3 N–H and O–H groups in total. The number of piperazine rings is 1. The molecule has 2 aromatic heterocycles. The average Bonchev–Trinajstić information content (AvgIpc) is 3.18. The van der Waals surface area contributed by atoms with Gasteiger partial charge in [-0.25, -0.2) is 9.97 Å². The van der Waals surface area contributed by atoms with Crippen LogP contribution in [-0.2, 0) is 16.1 Å². The maximum atomic E-state index is 13.0. The third-order valence-electron chi connectivity index (χ3n) is 5.12. The summed E-state index contributed by atoms with van der Waals surface area (Å²) in [6.07, 6.45) is 4.46. The van der Waals surface area contributed by atoms with Crippen LogP contribution < -0.4 is 5.73 Å². The van der Waals surface area contributed by atoms with Crippen molar-refractivity contribution in [3.05, 3.63) is 57.5 Å². The molecule has 0 bridgehead atoms. The Bertz CT molecular complexity index is 1160. The lowest BCUT2D eigenvalue weighted by molar-refractivity contribution is -0.151. The molecule has 8 nitrogen and oxygen atoms in total. The number of benzene rings is 1. The molecule has 0 aliphatic carbocycles. The zero-order valence-corrected chi connectivity index (χ0v) is 18.0. The Labute approximate surface area is 187 Å². The second kappa shape index (κ2) is 9.01. The van der Waals surface area contributed by atoms with Gasteiger partial charge in [0.1, 0.15) is 18.2 Å². The van der Waals surface area contributed by atoms with E-state index < -0.39 is 12.6 Å². The Kier molecular flexibility index (Phi) is 6.17. The first-order valence-corrected chi connectivity index (χ1v) is 10.8. The molecule has 1 fully saturated rings. The second-order valence-corrected chi connectivity index (χ2v) is 8.48. The number of aliphatic hydroxyl groups excluding tert-OH is 1. The predicted molar refractivity (Wildman–Crippen MR) is 120 cm³/mol. The predicted octanol–water partition coefficient (Wildman–Crippen LogP) is 2.17. The highest BCUT2D eigenvalue weighted by Gasteiger charge is 2.36. The largest absolute Gasteiger partial charge is 0.394 e. The number of hydrogen-bond donors (Lipinski definition) is 2. The van der Waals surface area contributed by atoms with Crippen LogP contribution in [0.5, 0.6) is 0 Å². The second-order valence-electron chi connectivity index (χ2n) is 7.10. The summed E-state index contributed by atoms with van der Waals surface area (Å²) in [4.78, 5) is 37.7. The molecule has 0 spiro atoms. The summed E-state index contributed by atoms with van der Waals surface area (Å²) in [6.45, 7) is 0.597. The van der Waals surface area contributed by atoms with E-state index in [2.05, 4.69) is 9.97 Å². The van der Waals surface area contributed by atoms with Crippen LogP contribution in [0, 0.1) is 0 Å². The van der Waals surface area contributed by atoms with Gasteiger partial charge in [0.05, 0.1) is 17.1 Å². The van der Waals surface area contributed by atoms with Crippen molar-refractivity contribution in [2.24, 2.45) is 0 Å². The Morgan fingerprint density at radius 2 is 2.16 bits per heavy atom. The van der Waals surface area contributed by atoms with Crippen LogP contribution in [0.1, 0.15) is 10.4 Å². The van der Waals surface area contributed by atoms with Crippen LogP contribution in [-0.4, -0.2) is 62.4 Å². The number of aromatic nitrogens is 2. The van der Waals surface area contributed by atoms with E-state index in [1.54, 1.807) is 22.4 Å². The van der Waals surface area contributed by atoms with Crippen molar-refractivity contribution in [2.45, 2.75) is 12.6 Å². The molecule has 0 saturated carbocycles. The molecule has 1 aliphatic rings. The molecule has 0 unspecified atom stereocenters. The van der Waals surface area contributed by atoms with Gasteiger partial charge in [-0.15, -0.1) is 11.3 Å². The Morgan fingerprint density at radius 1 is 1.32 bits per heavy atom. The van der Waals surface area contributed by atoms with Crippen molar-refractivity contribution in [3.63, 3.8) is 0 Å². The number of hydrogen-bond acceptors (Lipinski definition) is 7. The van der Waals surface area contributed by atoms with E-state index in [0.29, 0.717) is 36.0 Å². The van der Waals surface area contributed by atoms with E-state index in [0.717, 1.165) is 15.8 Å². The van der Waals surface area contributed by atoms with Crippen LogP contribution in [0.4, 0.5) is 5.82 Å². The van der Waals surface area contributed by atoms with Gasteiger partial charge in [0.2, 0.25) is 11.8 Å². The number of halogens is 1. The van der Waals surface area contributed by atoms with E-state index in [1.807, 2.05) is 18.2 Å². The fourth-order valence-corrected chi connectivity index (χ4v) is 4.52. The van der Waals surface area contributed by atoms with Gasteiger partial charge in [0, 0.05) is 41.4 Å². The molecule has 0 radical (unpaired) electrons. The molecule has 1 atom stereocenters. The molecule has 31 heavy (non-hydrogen) atoms. The third-order valence-corrected chi connectivity index (χ3v) is 6.37. The highest BCUT2D eigenvalue weighted by Crippen LogP contribution is 2.22. The van der Waals surface area contributed by atoms with Crippen molar-refractivity contribution in [1.29, 1.82) is 0 Å². The van der Waals surface area contributed by atoms with Gasteiger partial charge in [0.25, 0.3) is 0 Å². The molecule has 1 aliphatic heterocycles. The van der Waals surface area contributed by atoms with Crippen LogP contribution in [0.15, 0.2) is 42.0 Å². The number of carbonyl (C=O) groups is 2. The maximum Gasteiger partial charge on any atom is 0.248 e. The topological polar surface area (TPSA) is 113 Å². The van der Waals surface area contributed by atoms with Crippen LogP contribution in [0.3, 0.4) is 0 Å². The Morgan fingerprint density at radius 3 is 2.90 bits per heavy atom. The van der Waals surface area contributed by atoms with Gasteiger partial charge in [-0.1, -0.05) is 17.7 Å². The lowest BCUT2D eigenvalue weighted by Crippen LogP contribution is -2.59. The highest BCUT2D eigenvalue weighted by molar-refractivity contribution is 7.11. The van der Waals surface area contributed by atoms with Gasteiger partial charge in [0.15, 0.2) is 0 Å². The first-order valence-electron chi connectivity index (χ1n) is 9.57. The van der Waals surface area contributed by atoms with Gasteiger partial charge < -0.3 is 20.6 Å². The summed E-state index contributed by atoms with van der Waals surface area (Å²) in [5, 5.41) is 12.9. The highest BCUT2D eigenvalue weighted by atomic mass is 35.5. The standard InChI is InChI=1S/C21H20ClN5O3S/c22-14-8-15(31-11-14)2-4-19(29)27-6-5-26(21(30)18(27)10-28)9-13-1-3-16-17(7-13)24-12-25-20(16)23/h1-4,7-8,11-12,18,28H,5-6,9-10H2,(H2,23,24,25)/t18-/m0/s1. The van der Waals surface area contributed by atoms with E-state index in [-0.39, 0.29) is 11.8 Å². The van der Waals surface area contributed by atoms with Crippen molar-refractivity contribution in [2.75, 3.05) is 25.4 Å². The normalized spacial score (nSPS) is 17.1. The summed E-state index contributed by atoms with van der Waals surface area (Å²) in [5.74, 6) is -0.218.